The SMILES string of the molecule is COC1=C(OC)C(=O)C(Cc2ccc(O)c(C(=O)Nc3ncccc3C(=O)O)c2)=C(C)C1=O. The monoisotopic (exact) mass is 452 g/mol. The molecule has 10 heteroatoms. The van der Waals surface area contributed by atoms with Gasteiger partial charge in [-0.3, -0.25) is 14.4 Å². The van der Waals surface area contributed by atoms with E-state index in [1.165, 1.54) is 57.7 Å². The number of methoxy groups -OCH3 is 2. The predicted molar refractivity (Wildman–Crippen MR) is 115 cm³/mol. The van der Waals surface area contributed by atoms with Gasteiger partial charge in [-0.05, 0) is 36.8 Å². The molecule has 0 fully saturated rings. The molecule has 1 aromatic heterocycles. The molecule has 10 nitrogen and oxygen atoms in total. The van der Waals surface area contributed by atoms with E-state index in [-0.39, 0.29) is 51.8 Å². The van der Waals surface area contributed by atoms with Crippen LogP contribution in [-0.2, 0) is 25.5 Å². The van der Waals surface area contributed by atoms with Gasteiger partial charge in [-0.2, -0.15) is 0 Å². The van der Waals surface area contributed by atoms with Gasteiger partial charge in [0.2, 0.25) is 23.1 Å². The van der Waals surface area contributed by atoms with Crippen molar-refractivity contribution in [2.45, 2.75) is 13.3 Å². The largest absolute Gasteiger partial charge is 0.507 e. The highest BCUT2D eigenvalue weighted by Gasteiger charge is 2.34. The number of allylic oxidation sites excluding steroid dienone is 2. The number of anilines is 1. The molecule has 1 aromatic carbocycles. The second kappa shape index (κ2) is 9.35. The average Bonchev–Trinajstić information content (AvgIpc) is 2.80. The van der Waals surface area contributed by atoms with Gasteiger partial charge < -0.3 is 25.0 Å². The van der Waals surface area contributed by atoms with Gasteiger partial charge in [0.05, 0.1) is 19.8 Å². The zero-order chi connectivity index (χ0) is 24.3. The number of carbonyl (C=O) groups is 4. The van der Waals surface area contributed by atoms with Crippen LogP contribution in [0.1, 0.15) is 33.2 Å². The van der Waals surface area contributed by atoms with Gasteiger partial charge >= 0.3 is 5.97 Å². The normalized spacial score (nSPS) is 13.8. The molecular weight excluding hydrogens is 432 g/mol. The maximum Gasteiger partial charge on any atom is 0.339 e. The molecule has 170 valence electrons. The lowest BCUT2D eigenvalue weighted by molar-refractivity contribution is -0.121. The fraction of sp³-hybridized carbons (Fsp3) is 0.174. The summed E-state index contributed by atoms with van der Waals surface area (Å²) >= 11 is 0. The number of amides is 1. The van der Waals surface area contributed by atoms with Gasteiger partial charge in [0.1, 0.15) is 17.1 Å². The number of ketones is 2. The molecule has 0 aliphatic heterocycles. The van der Waals surface area contributed by atoms with E-state index in [4.69, 9.17) is 9.47 Å². The van der Waals surface area contributed by atoms with Crippen LogP contribution >= 0.6 is 0 Å². The number of aromatic nitrogens is 1. The third-order valence-corrected chi connectivity index (χ3v) is 5.05. The van der Waals surface area contributed by atoms with Gasteiger partial charge in [-0.25, -0.2) is 9.78 Å². The van der Waals surface area contributed by atoms with Crippen molar-refractivity contribution in [3.63, 3.8) is 0 Å². The number of nitrogens with one attached hydrogen (secondary N) is 1. The summed E-state index contributed by atoms with van der Waals surface area (Å²) in [6.07, 6.45) is 1.29. The average molecular weight is 452 g/mol. The van der Waals surface area contributed by atoms with Crippen LogP contribution in [0.25, 0.3) is 0 Å². The highest BCUT2D eigenvalue weighted by atomic mass is 16.5. The van der Waals surface area contributed by atoms with E-state index in [0.717, 1.165) is 0 Å². The lowest BCUT2D eigenvalue weighted by atomic mass is 9.88. The van der Waals surface area contributed by atoms with Crippen molar-refractivity contribution in [2.75, 3.05) is 19.5 Å². The Morgan fingerprint density at radius 2 is 1.70 bits per heavy atom. The van der Waals surface area contributed by atoms with E-state index in [9.17, 15) is 29.4 Å². The number of aromatic hydroxyl groups is 1. The predicted octanol–water partition coefficient (Wildman–Crippen LogP) is 2.25. The molecule has 1 heterocycles. The highest BCUT2D eigenvalue weighted by molar-refractivity contribution is 6.23. The third-order valence-electron chi connectivity index (χ3n) is 5.05. The number of carboxylic acid groups (broad SMARTS) is 1. The number of ether oxygens (including phenoxy) is 2. The summed E-state index contributed by atoms with van der Waals surface area (Å²) in [5.74, 6) is -4.03. The van der Waals surface area contributed by atoms with Crippen molar-refractivity contribution < 1.29 is 38.9 Å². The zero-order valence-electron chi connectivity index (χ0n) is 18.0. The number of Topliss-reactive ketones (excluding diaryl/α,β-unsaturated/α-hetero) is 2. The number of nitrogens with zero attached hydrogens (tertiary/aromatic N) is 1. The summed E-state index contributed by atoms with van der Waals surface area (Å²) in [4.78, 5) is 53.3. The molecule has 1 aliphatic rings. The summed E-state index contributed by atoms with van der Waals surface area (Å²) in [7, 11) is 2.52. The first-order valence-electron chi connectivity index (χ1n) is 9.62. The number of carboxylic acids is 1. The number of phenolic OH excluding ortho intramolecular Hbond substituents is 1. The molecule has 2 aromatic rings. The molecule has 0 bridgehead atoms. The first kappa shape index (κ1) is 23.2. The van der Waals surface area contributed by atoms with Crippen molar-refractivity contribution in [1.82, 2.24) is 4.98 Å². The topological polar surface area (TPSA) is 152 Å². The Balaban J connectivity index is 1.92. The van der Waals surface area contributed by atoms with Crippen LogP contribution < -0.4 is 5.32 Å². The van der Waals surface area contributed by atoms with Gasteiger partial charge in [-0.15, -0.1) is 0 Å². The van der Waals surface area contributed by atoms with Crippen molar-refractivity contribution in [3.8, 4) is 5.75 Å². The smallest absolute Gasteiger partial charge is 0.339 e. The molecule has 0 atom stereocenters. The number of phenols is 1. The Morgan fingerprint density at radius 1 is 1.03 bits per heavy atom. The van der Waals surface area contributed by atoms with Gasteiger partial charge in [0.15, 0.2) is 0 Å². The molecule has 0 saturated carbocycles. The minimum absolute atomic E-state index is 0.0230. The maximum absolute atomic E-state index is 12.8. The fourth-order valence-electron chi connectivity index (χ4n) is 3.34. The number of aromatic carboxylic acids is 1. The lowest BCUT2D eigenvalue weighted by Crippen LogP contribution is -2.26. The Labute approximate surface area is 188 Å². The van der Waals surface area contributed by atoms with E-state index in [0.29, 0.717) is 5.56 Å². The number of hydrogen-bond donors (Lipinski definition) is 3. The van der Waals surface area contributed by atoms with E-state index in [1.807, 2.05) is 0 Å². The molecule has 1 amide bonds. The molecule has 0 saturated heterocycles. The van der Waals surface area contributed by atoms with Crippen molar-refractivity contribution in [1.29, 1.82) is 0 Å². The Bertz CT molecular complexity index is 1240. The molecule has 3 N–H and O–H groups in total. The standard InChI is InChI=1S/C23H20N2O8/c1-11-14(18(28)20(33-3)19(32-2)17(11)27)9-12-6-7-16(26)15(10-12)22(29)25-21-13(23(30)31)5-4-8-24-21/h4-8,10,26H,9H2,1-3H3,(H,30,31)(H,24,25,29). The second-order valence-electron chi connectivity index (χ2n) is 7.02. The fourth-order valence-corrected chi connectivity index (χ4v) is 3.34. The third kappa shape index (κ3) is 4.45. The first-order valence-corrected chi connectivity index (χ1v) is 9.62. The molecule has 3 rings (SSSR count). The Morgan fingerprint density at radius 3 is 2.33 bits per heavy atom. The quantitative estimate of drug-likeness (QED) is 0.537. The van der Waals surface area contributed by atoms with Crippen LogP contribution in [0.5, 0.6) is 5.75 Å². The van der Waals surface area contributed by atoms with Crippen LogP contribution in [0.15, 0.2) is 59.2 Å². The van der Waals surface area contributed by atoms with Crippen molar-refractivity contribution >= 4 is 29.3 Å². The highest BCUT2D eigenvalue weighted by Crippen LogP contribution is 2.29. The Kier molecular flexibility index (Phi) is 6.57. The summed E-state index contributed by atoms with van der Waals surface area (Å²) in [5, 5.41) is 21.8. The molecule has 0 spiro atoms. The molecule has 0 unspecified atom stereocenters. The minimum atomic E-state index is -1.28. The van der Waals surface area contributed by atoms with Gasteiger partial charge in [0.25, 0.3) is 5.91 Å². The van der Waals surface area contributed by atoms with E-state index >= 15 is 0 Å². The lowest BCUT2D eigenvalue weighted by Gasteiger charge is -2.20. The molecule has 0 radical (unpaired) electrons. The zero-order valence-corrected chi connectivity index (χ0v) is 18.0. The van der Waals surface area contributed by atoms with E-state index in [2.05, 4.69) is 10.3 Å². The first-order chi connectivity index (χ1) is 15.7. The molecule has 33 heavy (non-hydrogen) atoms. The van der Waals surface area contributed by atoms with Crippen LogP contribution in [0.2, 0.25) is 0 Å². The number of benzene rings is 1. The maximum atomic E-state index is 12.8. The summed E-state index contributed by atoms with van der Waals surface area (Å²) < 4.78 is 10.1. The molecular formula is C23H20N2O8. The van der Waals surface area contributed by atoms with Gasteiger partial charge in [-0.1, -0.05) is 6.07 Å². The van der Waals surface area contributed by atoms with Crippen LogP contribution in [0, 0.1) is 0 Å². The van der Waals surface area contributed by atoms with E-state index < -0.39 is 23.4 Å². The molecule has 1 aliphatic carbocycles. The Hall–Kier alpha value is -4.47. The minimum Gasteiger partial charge on any atom is -0.507 e. The van der Waals surface area contributed by atoms with Crippen molar-refractivity contribution in [2.24, 2.45) is 0 Å². The number of pyridine rings is 1. The summed E-state index contributed by atoms with van der Waals surface area (Å²) in [5.41, 5.74) is 0.400. The summed E-state index contributed by atoms with van der Waals surface area (Å²) in [6.45, 7) is 1.49. The van der Waals surface area contributed by atoms with Crippen LogP contribution in [-0.4, -0.2) is 52.9 Å². The number of carbonyl (C=O) groups excluding carboxylic acids is 3. The van der Waals surface area contributed by atoms with Crippen LogP contribution in [0.3, 0.4) is 0 Å². The van der Waals surface area contributed by atoms with Crippen molar-refractivity contribution in [3.05, 3.63) is 75.9 Å². The number of rotatable bonds is 7. The summed E-state index contributed by atoms with van der Waals surface area (Å²) in [6, 6.07) is 6.79. The van der Waals surface area contributed by atoms with E-state index in [1.54, 1.807) is 0 Å². The second-order valence-corrected chi connectivity index (χ2v) is 7.02. The van der Waals surface area contributed by atoms with Gasteiger partial charge in [0, 0.05) is 23.8 Å². The number of hydrogen-bond acceptors (Lipinski definition) is 8. The van der Waals surface area contributed by atoms with Crippen LogP contribution in [0.4, 0.5) is 5.82 Å².